The van der Waals surface area contributed by atoms with Crippen LogP contribution in [-0.2, 0) is 11.0 Å². The van der Waals surface area contributed by atoms with Gasteiger partial charge in [-0.1, -0.05) is 6.07 Å². The Labute approximate surface area is 141 Å². The molecule has 1 aromatic heterocycles. The van der Waals surface area contributed by atoms with E-state index in [0.717, 1.165) is 12.1 Å². The zero-order valence-corrected chi connectivity index (χ0v) is 13.4. The molecule has 0 spiro atoms. The molecule has 5 nitrogen and oxygen atoms in total. The lowest BCUT2D eigenvalue weighted by molar-refractivity contribution is -0.137. The third kappa shape index (κ3) is 3.15. The molecule has 3 rings (SSSR count). The first kappa shape index (κ1) is 16.8. The van der Waals surface area contributed by atoms with E-state index >= 15 is 0 Å². The van der Waals surface area contributed by atoms with Gasteiger partial charge in [-0.3, -0.25) is 10.1 Å². The van der Waals surface area contributed by atoms with Crippen molar-refractivity contribution in [3.8, 4) is 5.69 Å². The minimum atomic E-state index is -4.43. The van der Waals surface area contributed by atoms with Gasteiger partial charge < -0.3 is 9.88 Å². The van der Waals surface area contributed by atoms with Crippen molar-refractivity contribution in [2.24, 2.45) is 0 Å². The Kier molecular flexibility index (Phi) is 3.90. The van der Waals surface area contributed by atoms with Gasteiger partial charge in [0.1, 0.15) is 5.70 Å². The number of alkyl halides is 3. The van der Waals surface area contributed by atoms with Gasteiger partial charge in [0.2, 0.25) is 0 Å². The monoisotopic (exact) mass is 349 g/mol. The number of imide groups is 1. The number of hydrogen-bond acceptors (Lipinski definition) is 2. The molecule has 2 heterocycles. The van der Waals surface area contributed by atoms with E-state index < -0.39 is 23.7 Å². The van der Waals surface area contributed by atoms with E-state index in [0.29, 0.717) is 22.6 Å². The molecule has 1 fully saturated rings. The van der Waals surface area contributed by atoms with E-state index in [9.17, 15) is 22.8 Å². The second kappa shape index (κ2) is 5.80. The number of hydrogen-bond donors (Lipinski definition) is 2. The number of benzene rings is 1. The molecule has 1 aliphatic heterocycles. The molecular formula is C17H14F3N3O2. The number of aromatic nitrogens is 1. The number of amides is 3. The number of carbonyl (C=O) groups is 2. The number of urea groups is 1. The first-order valence-corrected chi connectivity index (χ1v) is 7.37. The van der Waals surface area contributed by atoms with Crippen LogP contribution in [-0.4, -0.2) is 16.5 Å². The summed E-state index contributed by atoms with van der Waals surface area (Å²) in [6.07, 6.45) is -2.94. The lowest BCUT2D eigenvalue weighted by Crippen LogP contribution is -2.22. The van der Waals surface area contributed by atoms with Gasteiger partial charge in [0.25, 0.3) is 5.91 Å². The van der Waals surface area contributed by atoms with Crippen LogP contribution in [0.15, 0.2) is 36.0 Å². The van der Waals surface area contributed by atoms with E-state index in [-0.39, 0.29) is 5.70 Å². The summed E-state index contributed by atoms with van der Waals surface area (Å²) in [6, 6.07) is 6.14. The summed E-state index contributed by atoms with van der Waals surface area (Å²) >= 11 is 0. The summed E-state index contributed by atoms with van der Waals surface area (Å²) < 4.78 is 40.5. The highest BCUT2D eigenvalue weighted by molar-refractivity contribution is 6.14. The number of carbonyl (C=O) groups excluding carboxylic acids is 2. The topological polar surface area (TPSA) is 63.1 Å². The third-order valence-corrected chi connectivity index (χ3v) is 3.92. The molecule has 0 bridgehead atoms. The van der Waals surface area contributed by atoms with Crippen molar-refractivity contribution in [1.82, 2.24) is 15.2 Å². The molecule has 0 unspecified atom stereocenters. The molecule has 3 amide bonds. The lowest BCUT2D eigenvalue weighted by Gasteiger charge is -2.13. The molecule has 2 N–H and O–H groups in total. The molecule has 25 heavy (non-hydrogen) atoms. The van der Waals surface area contributed by atoms with E-state index in [2.05, 4.69) is 10.6 Å². The van der Waals surface area contributed by atoms with Crippen LogP contribution >= 0.6 is 0 Å². The van der Waals surface area contributed by atoms with Crippen molar-refractivity contribution >= 4 is 18.0 Å². The van der Waals surface area contributed by atoms with Crippen molar-refractivity contribution < 1.29 is 22.8 Å². The summed E-state index contributed by atoms with van der Waals surface area (Å²) in [5, 5.41) is 4.48. The molecule has 0 aliphatic carbocycles. The fourth-order valence-corrected chi connectivity index (χ4v) is 2.79. The summed E-state index contributed by atoms with van der Waals surface area (Å²) in [7, 11) is 0. The van der Waals surface area contributed by atoms with Gasteiger partial charge in [-0.05, 0) is 49.8 Å². The van der Waals surface area contributed by atoms with Crippen molar-refractivity contribution in [1.29, 1.82) is 0 Å². The Balaban J connectivity index is 2.06. The Morgan fingerprint density at radius 2 is 1.80 bits per heavy atom. The van der Waals surface area contributed by atoms with E-state index in [4.69, 9.17) is 0 Å². The third-order valence-electron chi connectivity index (χ3n) is 3.92. The maximum absolute atomic E-state index is 12.9. The second-order valence-corrected chi connectivity index (χ2v) is 5.68. The van der Waals surface area contributed by atoms with Crippen molar-refractivity contribution in [3.05, 3.63) is 58.5 Å². The van der Waals surface area contributed by atoms with Crippen LogP contribution in [0.25, 0.3) is 11.8 Å². The van der Waals surface area contributed by atoms with Crippen molar-refractivity contribution in [2.45, 2.75) is 20.0 Å². The first-order valence-electron chi connectivity index (χ1n) is 7.37. The van der Waals surface area contributed by atoms with Crippen LogP contribution in [0.4, 0.5) is 18.0 Å². The first-order chi connectivity index (χ1) is 11.7. The van der Waals surface area contributed by atoms with Gasteiger partial charge in [0, 0.05) is 17.1 Å². The zero-order valence-electron chi connectivity index (χ0n) is 13.4. The molecule has 1 aromatic carbocycles. The maximum Gasteiger partial charge on any atom is 0.416 e. The summed E-state index contributed by atoms with van der Waals surface area (Å²) in [5.41, 5.74) is 1.71. The summed E-state index contributed by atoms with van der Waals surface area (Å²) in [5.74, 6) is -0.547. The quantitative estimate of drug-likeness (QED) is 0.646. The van der Waals surface area contributed by atoms with E-state index in [1.165, 1.54) is 12.1 Å². The highest BCUT2D eigenvalue weighted by Crippen LogP contribution is 2.31. The summed E-state index contributed by atoms with van der Waals surface area (Å²) in [6.45, 7) is 3.48. The Hall–Kier alpha value is -3.03. The SMILES string of the molecule is Cc1cc(C=C2NC(=O)NC2=O)c(C)n1-c1cccc(C(F)(F)F)c1. The molecule has 0 atom stereocenters. The van der Waals surface area contributed by atoms with Crippen LogP contribution in [0.2, 0.25) is 0 Å². The number of halogens is 3. The second-order valence-electron chi connectivity index (χ2n) is 5.68. The molecule has 2 aromatic rings. The number of nitrogens with one attached hydrogen (secondary N) is 2. The number of rotatable bonds is 2. The predicted octanol–water partition coefficient (Wildman–Crippen LogP) is 3.29. The number of aryl methyl sites for hydroxylation is 1. The van der Waals surface area contributed by atoms with E-state index in [1.54, 1.807) is 30.5 Å². The standard InChI is InChI=1S/C17H14F3N3O2/c1-9-6-11(7-14-15(24)22-16(25)21-14)10(2)23(9)13-5-3-4-12(8-13)17(18,19)20/h3-8H,1-2H3,(H2,21,22,24,25). The van der Waals surface area contributed by atoms with Crippen LogP contribution < -0.4 is 10.6 Å². The van der Waals surface area contributed by atoms with Gasteiger partial charge in [-0.2, -0.15) is 13.2 Å². The Morgan fingerprint density at radius 3 is 2.40 bits per heavy atom. The minimum absolute atomic E-state index is 0.0919. The molecule has 130 valence electrons. The molecule has 8 heteroatoms. The van der Waals surface area contributed by atoms with Crippen molar-refractivity contribution in [3.63, 3.8) is 0 Å². The average molecular weight is 349 g/mol. The highest BCUT2D eigenvalue weighted by atomic mass is 19.4. The Morgan fingerprint density at radius 1 is 1.08 bits per heavy atom. The molecule has 1 aliphatic rings. The zero-order chi connectivity index (χ0) is 18.4. The minimum Gasteiger partial charge on any atom is -0.318 e. The highest BCUT2D eigenvalue weighted by Gasteiger charge is 2.30. The smallest absolute Gasteiger partial charge is 0.318 e. The van der Waals surface area contributed by atoms with Gasteiger partial charge in [0.15, 0.2) is 0 Å². The van der Waals surface area contributed by atoms with Gasteiger partial charge in [-0.25, -0.2) is 4.79 Å². The van der Waals surface area contributed by atoms with Crippen molar-refractivity contribution in [2.75, 3.05) is 0 Å². The van der Waals surface area contributed by atoms with Crippen LogP contribution in [0.5, 0.6) is 0 Å². The lowest BCUT2D eigenvalue weighted by atomic mass is 10.2. The fourth-order valence-electron chi connectivity index (χ4n) is 2.79. The molecular weight excluding hydrogens is 335 g/mol. The van der Waals surface area contributed by atoms with Crippen LogP contribution in [0.3, 0.4) is 0 Å². The predicted molar refractivity (Wildman–Crippen MR) is 84.9 cm³/mol. The molecule has 0 radical (unpaired) electrons. The largest absolute Gasteiger partial charge is 0.416 e. The fraction of sp³-hybridized carbons (Fsp3) is 0.176. The van der Waals surface area contributed by atoms with Gasteiger partial charge in [0.05, 0.1) is 5.56 Å². The Bertz CT molecular complexity index is 910. The molecule has 0 saturated carbocycles. The van der Waals surface area contributed by atoms with Crippen LogP contribution in [0.1, 0.15) is 22.5 Å². The maximum atomic E-state index is 12.9. The van der Waals surface area contributed by atoms with Crippen LogP contribution in [0, 0.1) is 13.8 Å². The number of nitrogens with zero attached hydrogens (tertiary/aromatic N) is 1. The van der Waals surface area contributed by atoms with Gasteiger partial charge in [-0.15, -0.1) is 0 Å². The average Bonchev–Trinajstić information content (AvgIpc) is 2.97. The molecule has 1 saturated heterocycles. The summed E-state index contributed by atoms with van der Waals surface area (Å²) in [4.78, 5) is 22.8. The van der Waals surface area contributed by atoms with E-state index in [1.807, 2.05) is 0 Å². The van der Waals surface area contributed by atoms with Gasteiger partial charge >= 0.3 is 12.2 Å². The normalized spacial score (nSPS) is 16.3.